The summed E-state index contributed by atoms with van der Waals surface area (Å²) >= 11 is 0. The molecule has 0 aliphatic heterocycles. The number of amides is 3. The molecular formula is C12H23N3O4. The lowest BCUT2D eigenvalue weighted by molar-refractivity contribution is -0.139. The number of hydrogen-bond acceptors (Lipinski definition) is 3. The van der Waals surface area contributed by atoms with Crippen LogP contribution in [0.5, 0.6) is 0 Å². The SMILES string of the molecule is CC(C)CC(C)NC(=O)NC(CCC(N)=O)C(=O)O. The highest BCUT2D eigenvalue weighted by Gasteiger charge is 2.21. The fraction of sp³-hybridized carbons (Fsp3) is 0.750. The zero-order valence-electron chi connectivity index (χ0n) is 11.6. The highest BCUT2D eigenvalue weighted by atomic mass is 16.4. The van der Waals surface area contributed by atoms with Crippen LogP contribution in [0.15, 0.2) is 0 Å². The van der Waals surface area contributed by atoms with Crippen molar-refractivity contribution in [3.8, 4) is 0 Å². The van der Waals surface area contributed by atoms with E-state index in [-0.39, 0.29) is 18.9 Å². The van der Waals surface area contributed by atoms with Gasteiger partial charge in [-0.15, -0.1) is 0 Å². The van der Waals surface area contributed by atoms with Crippen molar-refractivity contribution in [3.63, 3.8) is 0 Å². The fourth-order valence-electron chi connectivity index (χ4n) is 1.73. The van der Waals surface area contributed by atoms with Gasteiger partial charge in [-0.05, 0) is 25.7 Å². The summed E-state index contributed by atoms with van der Waals surface area (Å²) in [4.78, 5) is 33.1. The minimum atomic E-state index is -1.19. The second-order valence-corrected chi connectivity index (χ2v) is 5.04. The molecule has 7 heteroatoms. The number of primary amides is 1. The van der Waals surface area contributed by atoms with Crippen molar-refractivity contribution < 1.29 is 19.5 Å². The van der Waals surface area contributed by atoms with Crippen LogP contribution in [-0.2, 0) is 9.59 Å². The molecular weight excluding hydrogens is 250 g/mol. The zero-order chi connectivity index (χ0) is 15.0. The average Bonchev–Trinajstić information content (AvgIpc) is 2.21. The van der Waals surface area contributed by atoms with E-state index in [1.807, 2.05) is 20.8 Å². The first-order valence-electron chi connectivity index (χ1n) is 6.30. The van der Waals surface area contributed by atoms with Crippen LogP contribution in [0.3, 0.4) is 0 Å². The second-order valence-electron chi connectivity index (χ2n) is 5.04. The van der Waals surface area contributed by atoms with Gasteiger partial charge in [0, 0.05) is 12.5 Å². The second kappa shape index (κ2) is 8.34. The number of carboxylic acids is 1. The Labute approximate surface area is 112 Å². The molecule has 0 heterocycles. The lowest BCUT2D eigenvalue weighted by atomic mass is 10.1. The van der Waals surface area contributed by atoms with Gasteiger partial charge in [-0.25, -0.2) is 9.59 Å². The molecule has 0 radical (unpaired) electrons. The maximum Gasteiger partial charge on any atom is 0.326 e. The molecule has 7 nitrogen and oxygen atoms in total. The molecule has 0 rings (SSSR count). The number of carbonyl (C=O) groups excluding carboxylic acids is 2. The third-order valence-electron chi connectivity index (χ3n) is 2.49. The fourth-order valence-corrected chi connectivity index (χ4v) is 1.73. The molecule has 0 aliphatic rings. The first-order chi connectivity index (χ1) is 8.72. The molecule has 0 aromatic rings. The van der Waals surface area contributed by atoms with Crippen LogP contribution in [0.2, 0.25) is 0 Å². The minimum absolute atomic E-state index is 0.0172. The van der Waals surface area contributed by atoms with Gasteiger partial charge < -0.3 is 21.5 Å². The zero-order valence-corrected chi connectivity index (χ0v) is 11.6. The Kier molecular flexibility index (Phi) is 7.55. The summed E-state index contributed by atoms with van der Waals surface area (Å²) in [5.74, 6) is -1.35. The predicted molar refractivity (Wildman–Crippen MR) is 70.4 cm³/mol. The summed E-state index contributed by atoms with van der Waals surface area (Å²) in [5, 5.41) is 13.9. The number of aliphatic carboxylic acids is 1. The smallest absolute Gasteiger partial charge is 0.326 e. The largest absolute Gasteiger partial charge is 0.480 e. The van der Waals surface area contributed by atoms with Crippen LogP contribution in [0.4, 0.5) is 4.79 Å². The van der Waals surface area contributed by atoms with E-state index in [0.717, 1.165) is 6.42 Å². The van der Waals surface area contributed by atoms with Gasteiger partial charge in [0.05, 0.1) is 0 Å². The summed E-state index contributed by atoms with van der Waals surface area (Å²) in [7, 11) is 0. The van der Waals surface area contributed by atoms with Crippen molar-refractivity contribution in [1.82, 2.24) is 10.6 Å². The van der Waals surface area contributed by atoms with E-state index in [1.165, 1.54) is 0 Å². The van der Waals surface area contributed by atoms with Crippen molar-refractivity contribution >= 4 is 17.9 Å². The topological polar surface area (TPSA) is 122 Å². The van der Waals surface area contributed by atoms with Gasteiger partial charge in [-0.3, -0.25) is 4.79 Å². The van der Waals surface area contributed by atoms with Crippen LogP contribution >= 0.6 is 0 Å². The molecule has 19 heavy (non-hydrogen) atoms. The number of nitrogens with one attached hydrogen (secondary N) is 2. The first kappa shape index (κ1) is 17.2. The first-order valence-corrected chi connectivity index (χ1v) is 6.30. The highest BCUT2D eigenvalue weighted by Crippen LogP contribution is 2.04. The number of rotatable bonds is 8. The summed E-state index contributed by atoms with van der Waals surface area (Å²) in [6.45, 7) is 5.91. The Morgan fingerprint density at radius 2 is 1.74 bits per heavy atom. The molecule has 0 saturated carbocycles. The van der Waals surface area contributed by atoms with Gasteiger partial charge in [0.25, 0.3) is 0 Å². The monoisotopic (exact) mass is 273 g/mol. The van der Waals surface area contributed by atoms with Gasteiger partial charge in [-0.1, -0.05) is 13.8 Å². The summed E-state index contributed by atoms with van der Waals surface area (Å²) in [6.07, 6.45) is 0.696. The third-order valence-corrected chi connectivity index (χ3v) is 2.49. The Hall–Kier alpha value is -1.79. The van der Waals surface area contributed by atoms with E-state index in [9.17, 15) is 14.4 Å². The molecule has 0 aliphatic carbocycles. The molecule has 0 bridgehead atoms. The van der Waals surface area contributed by atoms with Gasteiger partial charge in [0.1, 0.15) is 6.04 Å². The molecule has 2 atom stereocenters. The van der Waals surface area contributed by atoms with Crippen LogP contribution in [0.1, 0.15) is 40.0 Å². The number of urea groups is 1. The summed E-state index contributed by atoms with van der Waals surface area (Å²) in [6, 6.07) is -1.71. The normalized spacial score (nSPS) is 13.7. The molecule has 2 unspecified atom stereocenters. The lowest BCUT2D eigenvalue weighted by Gasteiger charge is -2.19. The Morgan fingerprint density at radius 3 is 2.16 bits per heavy atom. The van der Waals surface area contributed by atoms with E-state index in [2.05, 4.69) is 10.6 Å². The molecule has 0 fully saturated rings. The Morgan fingerprint density at radius 1 is 1.16 bits per heavy atom. The number of carbonyl (C=O) groups is 3. The van der Waals surface area contributed by atoms with E-state index < -0.39 is 23.9 Å². The Bertz CT molecular complexity index is 331. The van der Waals surface area contributed by atoms with Crippen molar-refractivity contribution in [3.05, 3.63) is 0 Å². The van der Waals surface area contributed by atoms with Gasteiger partial charge in [-0.2, -0.15) is 0 Å². The summed E-state index contributed by atoms with van der Waals surface area (Å²) < 4.78 is 0. The van der Waals surface area contributed by atoms with Crippen molar-refractivity contribution in [2.75, 3.05) is 0 Å². The average molecular weight is 273 g/mol. The van der Waals surface area contributed by atoms with Crippen molar-refractivity contribution in [2.24, 2.45) is 11.7 Å². The summed E-state index contributed by atoms with van der Waals surface area (Å²) in [5.41, 5.74) is 4.95. The predicted octanol–water partition coefficient (Wildman–Crippen LogP) is 0.439. The van der Waals surface area contributed by atoms with Crippen LogP contribution in [0, 0.1) is 5.92 Å². The van der Waals surface area contributed by atoms with Crippen LogP contribution in [-0.4, -0.2) is 35.1 Å². The number of nitrogens with two attached hydrogens (primary N) is 1. The quantitative estimate of drug-likeness (QED) is 0.512. The highest BCUT2D eigenvalue weighted by molar-refractivity contribution is 5.83. The number of carboxylic acid groups (broad SMARTS) is 1. The van der Waals surface area contributed by atoms with Crippen molar-refractivity contribution in [1.29, 1.82) is 0 Å². The molecule has 0 aromatic carbocycles. The van der Waals surface area contributed by atoms with Crippen molar-refractivity contribution in [2.45, 2.75) is 52.1 Å². The van der Waals surface area contributed by atoms with E-state index in [4.69, 9.17) is 10.8 Å². The van der Waals surface area contributed by atoms with E-state index in [1.54, 1.807) is 0 Å². The van der Waals surface area contributed by atoms with E-state index >= 15 is 0 Å². The maximum absolute atomic E-state index is 11.6. The third kappa shape index (κ3) is 8.87. The Balaban J connectivity index is 4.23. The van der Waals surface area contributed by atoms with E-state index in [0.29, 0.717) is 5.92 Å². The van der Waals surface area contributed by atoms with Gasteiger partial charge in [0.15, 0.2) is 0 Å². The minimum Gasteiger partial charge on any atom is -0.480 e. The molecule has 3 amide bonds. The molecule has 110 valence electrons. The number of hydrogen-bond donors (Lipinski definition) is 4. The maximum atomic E-state index is 11.6. The van der Waals surface area contributed by atoms with Crippen LogP contribution in [0.25, 0.3) is 0 Å². The van der Waals surface area contributed by atoms with Gasteiger partial charge in [0.2, 0.25) is 5.91 Å². The molecule has 0 aromatic heterocycles. The lowest BCUT2D eigenvalue weighted by Crippen LogP contribution is -2.48. The van der Waals surface area contributed by atoms with Gasteiger partial charge >= 0.3 is 12.0 Å². The van der Waals surface area contributed by atoms with Crippen LogP contribution < -0.4 is 16.4 Å². The molecule has 5 N–H and O–H groups in total. The standard InChI is InChI=1S/C12H23N3O4/c1-7(2)6-8(3)14-12(19)15-9(11(17)18)4-5-10(13)16/h7-9H,4-6H2,1-3H3,(H2,13,16)(H,17,18)(H2,14,15,19). The molecule has 0 saturated heterocycles. The molecule has 0 spiro atoms.